The maximum Gasteiger partial charge on any atom is 0.138 e. The fourth-order valence-corrected chi connectivity index (χ4v) is 2.60. The molecule has 0 amide bonds. The van der Waals surface area contributed by atoms with E-state index in [1.807, 2.05) is 11.4 Å². The molecule has 0 fully saturated rings. The SMILES string of the molecule is CCc1nc(COc2ccc([C@H](C)O)cc2Cl)cs1. The molecule has 0 aliphatic rings. The zero-order valence-corrected chi connectivity index (χ0v) is 12.5. The number of benzene rings is 1. The number of rotatable bonds is 5. The second kappa shape index (κ2) is 6.37. The van der Waals surface area contributed by atoms with Crippen LogP contribution in [0.1, 0.15) is 36.2 Å². The van der Waals surface area contributed by atoms with Gasteiger partial charge < -0.3 is 9.84 Å². The van der Waals surface area contributed by atoms with Crippen molar-refractivity contribution >= 4 is 22.9 Å². The molecule has 1 N–H and O–H groups in total. The second-order valence-corrected chi connectivity index (χ2v) is 5.59. The molecule has 0 radical (unpaired) electrons. The van der Waals surface area contributed by atoms with Gasteiger partial charge in [-0.25, -0.2) is 4.98 Å². The first kappa shape index (κ1) is 14.3. The molecule has 2 aromatic rings. The third-order valence-corrected chi connectivity index (χ3v) is 4.05. The van der Waals surface area contributed by atoms with Crippen molar-refractivity contribution in [3.05, 3.63) is 44.9 Å². The van der Waals surface area contributed by atoms with Crippen LogP contribution in [0, 0.1) is 0 Å². The number of ether oxygens (including phenoxy) is 1. The lowest BCUT2D eigenvalue weighted by Gasteiger charge is -2.10. The standard InChI is InChI=1S/C14H16ClNO2S/c1-3-14-16-11(8-19-14)7-18-13-5-4-10(9(2)17)6-12(13)15/h4-6,8-9,17H,3,7H2,1-2H3/t9-/m0/s1. The smallest absolute Gasteiger partial charge is 0.138 e. The van der Waals surface area contributed by atoms with Gasteiger partial charge in [0.2, 0.25) is 0 Å². The van der Waals surface area contributed by atoms with Crippen molar-refractivity contribution in [2.75, 3.05) is 0 Å². The molecule has 3 nitrogen and oxygen atoms in total. The van der Waals surface area contributed by atoms with Crippen molar-refractivity contribution in [3.8, 4) is 5.75 Å². The highest BCUT2D eigenvalue weighted by atomic mass is 35.5. The Kier molecular flexibility index (Phi) is 4.80. The van der Waals surface area contributed by atoms with Crippen molar-refractivity contribution in [2.45, 2.75) is 33.0 Å². The van der Waals surface area contributed by atoms with Gasteiger partial charge in [-0.2, -0.15) is 0 Å². The molecule has 0 saturated heterocycles. The van der Waals surface area contributed by atoms with Gasteiger partial charge in [0.25, 0.3) is 0 Å². The molecule has 102 valence electrons. The van der Waals surface area contributed by atoms with Gasteiger partial charge in [-0.1, -0.05) is 24.6 Å². The summed E-state index contributed by atoms with van der Waals surface area (Å²) in [4.78, 5) is 4.43. The third-order valence-electron chi connectivity index (χ3n) is 2.72. The van der Waals surface area contributed by atoms with Gasteiger partial charge in [0.05, 0.1) is 21.8 Å². The lowest BCUT2D eigenvalue weighted by molar-refractivity contribution is 0.199. The Morgan fingerprint density at radius 1 is 1.47 bits per heavy atom. The predicted molar refractivity (Wildman–Crippen MR) is 77.9 cm³/mol. The van der Waals surface area contributed by atoms with Crippen LogP contribution in [0.5, 0.6) is 5.75 Å². The van der Waals surface area contributed by atoms with Crippen LogP contribution in [-0.4, -0.2) is 10.1 Å². The van der Waals surface area contributed by atoms with E-state index in [0.717, 1.165) is 22.7 Å². The molecule has 0 bridgehead atoms. The molecule has 1 atom stereocenters. The van der Waals surface area contributed by atoms with Gasteiger partial charge in [0.15, 0.2) is 0 Å². The minimum Gasteiger partial charge on any atom is -0.486 e. The first-order chi connectivity index (χ1) is 9.10. The molecular formula is C14H16ClNO2S. The Morgan fingerprint density at radius 2 is 2.26 bits per heavy atom. The summed E-state index contributed by atoms with van der Waals surface area (Å²) in [6, 6.07) is 5.31. The van der Waals surface area contributed by atoms with Crippen molar-refractivity contribution < 1.29 is 9.84 Å². The van der Waals surface area contributed by atoms with E-state index in [0.29, 0.717) is 17.4 Å². The summed E-state index contributed by atoms with van der Waals surface area (Å²) in [5.41, 5.74) is 1.69. The van der Waals surface area contributed by atoms with Crippen molar-refractivity contribution in [1.82, 2.24) is 4.98 Å². The molecule has 2 rings (SSSR count). The Morgan fingerprint density at radius 3 is 2.84 bits per heavy atom. The molecule has 1 aromatic heterocycles. The summed E-state index contributed by atoms with van der Waals surface area (Å²) in [6.07, 6.45) is 0.409. The molecule has 1 aromatic carbocycles. The zero-order valence-electron chi connectivity index (χ0n) is 10.9. The van der Waals surface area contributed by atoms with Crippen molar-refractivity contribution in [3.63, 3.8) is 0 Å². The number of aryl methyl sites for hydroxylation is 1. The van der Waals surface area contributed by atoms with E-state index in [2.05, 4.69) is 11.9 Å². The van der Waals surface area contributed by atoms with Crippen LogP contribution in [-0.2, 0) is 13.0 Å². The highest BCUT2D eigenvalue weighted by Gasteiger charge is 2.08. The Labute approximate surface area is 121 Å². The second-order valence-electron chi connectivity index (χ2n) is 4.24. The number of aromatic nitrogens is 1. The number of nitrogens with zero attached hydrogens (tertiary/aromatic N) is 1. The fraction of sp³-hybridized carbons (Fsp3) is 0.357. The van der Waals surface area contributed by atoms with E-state index in [4.69, 9.17) is 16.3 Å². The van der Waals surface area contributed by atoms with E-state index in [1.165, 1.54) is 0 Å². The van der Waals surface area contributed by atoms with Crippen molar-refractivity contribution in [2.24, 2.45) is 0 Å². The largest absolute Gasteiger partial charge is 0.486 e. The minimum absolute atomic E-state index is 0.407. The summed E-state index contributed by atoms with van der Waals surface area (Å²) in [7, 11) is 0. The number of aliphatic hydroxyl groups is 1. The summed E-state index contributed by atoms with van der Waals surface area (Å²) >= 11 is 7.76. The van der Waals surface area contributed by atoms with Crippen LogP contribution in [0.15, 0.2) is 23.6 Å². The Hall–Kier alpha value is -1.10. The lowest BCUT2D eigenvalue weighted by Crippen LogP contribution is -1.98. The molecule has 0 aliphatic heterocycles. The molecule has 1 heterocycles. The van der Waals surface area contributed by atoms with Crippen LogP contribution in [0.25, 0.3) is 0 Å². The van der Waals surface area contributed by atoms with Crippen LogP contribution < -0.4 is 4.74 Å². The molecule has 5 heteroatoms. The summed E-state index contributed by atoms with van der Waals surface area (Å²) < 4.78 is 5.65. The molecule has 0 unspecified atom stereocenters. The first-order valence-electron chi connectivity index (χ1n) is 6.13. The molecular weight excluding hydrogens is 282 g/mol. The van der Waals surface area contributed by atoms with Gasteiger partial charge in [0.1, 0.15) is 12.4 Å². The normalized spacial score (nSPS) is 12.4. The topological polar surface area (TPSA) is 42.4 Å². The highest BCUT2D eigenvalue weighted by Crippen LogP contribution is 2.28. The number of hydrogen-bond acceptors (Lipinski definition) is 4. The van der Waals surface area contributed by atoms with Crippen LogP contribution in [0.2, 0.25) is 5.02 Å². The van der Waals surface area contributed by atoms with E-state index >= 15 is 0 Å². The average molecular weight is 298 g/mol. The van der Waals surface area contributed by atoms with E-state index < -0.39 is 6.10 Å². The molecule has 0 saturated carbocycles. The first-order valence-corrected chi connectivity index (χ1v) is 7.39. The molecule has 0 aliphatic carbocycles. The highest BCUT2D eigenvalue weighted by molar-refractivity contribution is 7.09. The van der Waals surface area contributed by atoms with Gasteiger partial charge in [0, 0.05) is 5.38 Å². The lowest BCUT2D eigenvalue weighted by atomic mass is 10.1. The monoisotopic (exact) mass is 297 g/mol. The number of halogens is 1. The number of thiazole rings is 1. The minimum atomic E-state index is -0.530. The van der Waals surface area contributed by atoms with E-state index in [9.17, 15) is 5.11 Å². The van der Waals surface area contributed by atoms with Crippen LogP contribution in [0.4, 0.5) is 0 Å². The quantitative estimate of drug-likeness (QED) is 0.907. The number of hydrogen-bond donors (Lipinski definition) is 1. The summed E-state index contributed by atoms with van der Waals surface area (Å²) in [5.74, 6) is 0.608. The maximum atomic E-state index is 9.47. The van der Waals surface area contributed by atoms with Crippen LogP contribution >= 0.6 is 22.9 Å². The average Bonchev–Trinajstić information content (AvgIpc) is 2.85. The number of aliphatic hydroxyl groups excluding tert-OH is 1. The summed E-state index contributed by atoms with van der Waals surface area (Å²) in [5, 5.41) is 13.1. The summed E-state index contributed by atoms with van der Waals surface area (Å²) in [6.45, 7) is 4.19. The Balaban J connectivity index is 2.03. The third kappa shape index (κ3) is 3.69. The predicted octanol–water partition coefficient (Wildman–Crippen LogP) is 3.99. The van der Waals surface area contributed by atoms with Crippen molar-refractivity contribution in [1.29, 1.82) is 0 Å². The van der Waals surface area contributed by atoms with Gasteiger partial charge in [-0.15, -0.1) is 11.3 Å². The van der Waals surface area contributed by atoms with Crippen LogP contribution in [0.3, 0.4) is 0 Å². The van der Waals surface area contributed by atoms with Gasteiger partial charge in [-0.3, -0.25) is 0 Å². The molecule has 19 heavy (non-hydrogen) atoms. The maximum absolute atomic E-state index is 9.47. The Bertz CT molecular complexity index is 554. The van der Waals surface area contributed by atoms with E-state index in [1.54, 1.807) is 30.4 Å². The van der Waals surface area contributed by atoms with E-state index in [-0.39, 0.29) is 0 Å². The van der Waals surface area contributed by atoms with Gasteiger partial charge in [-0.05, 0) is 31.0 Å². The van der Waals surface area contributed by atoms with Gasteiger partial charge >= 0.3 is 0 Å². The zero-order chi connectivity index (χ0) is 13.8. The molecule has 0 spiro atoms. The fourth-order valence-electron chi connectivity index (χ4n) is 1.62.